The van der Waals surface area contributed by atoms with Crippen LogP contribution in [-0.2, 0) is 0 Å². The third-order valence-corrected chi connectivity index (χ3v) is 2.78. The largest absolute Gasteiger partial charge is 0.504 e. The van der Waals surface area contributed by atoms with Crippen molar-refractivity contribution in [3.05, 3.63) is 24.3 Å². The first kappa shape index (κ1) is 10.3. The molecule has 0 amide bonds. The highest BCUT2D eigenvalue weighted by atomic mass is 16.5. The van der Waals surface area contributed by atoms with Gasteiger partial charge in [0.05, 0.1) is 0 Å². The van der Waals surface area contributed by atoms with Crippen molar-refractivity contribution < 1.29 is 9.84 Å². The second-order valence-corrected chi connectivity index (χ2v) is 4.30. The predicted octanol–water partition coefficient (Wildman–Crippen LogP) is 1.91. The summed E-state index contributed by atoms with van der Waals surface area (Å²) in [7, 11) is 0. The SMILES string of the molecule is CC1(Oc2ccccc2O)CCCNC1. The van der Waals surface area contributed by atoms with E-state index in [1.807, 2.05) is 6.07 Å². The molecule has 1 atom stereocenters. The van der Waals surface area contributed by atoms with E-state index < -0.39 is 0 Å². The molecule has 0 radical (unpaired) electrons. The Hall–Kier alpha value is -1.22. The summed E-state index contributed by atoms with van der Waals surface area (Å²) in [5.41, 5.74) is -0.197. The van der Waals surface area contributed by atoms with Crippen molar-refractivity contribution in [2.75, 3.05) is 13.1 Å². The van der Waals surface area contributed by atoms with Gasteiger partial charge >= 0.3 is 0 Å². The molecule has 1 aliphatic rings. The number of hydrogen-bond acceptors (Lipinski definition) is 3. The number of nitrogens with one attached hydrogen (secondary N) is 1. The first-order valence-corrected chi connectivity index (χ1v) is 5.37. The van der Waals surface area contributed by atoms with Gasteiger partial charge in [-0.2, -0.15) is 0 Å². The smallest absolute Gasteiger partial charge is 0.161 e. The summed E-state index contributed by atoms with van der Waals surface area (Å²) >= 11 is 0. The van der Waals surface area contributed by atoms with E-state index in [0.29, 0.717) is 5.75 Å². The fourth-order valence-corrected chi connectivity index (χ4v) is 1.92. The zero-order valence-electron chi connectivity index (χ0n) is 8.99. The van der Waals surface area contributed by atoms with Gasteiger partial charge in [-0.05, 0) is 38.4 Å². The molecule has 2 N–H and O–H groups in total. The normalized spacial score (nSPS) is 26.2. The van der Waals surface area contributed by atoms with E-state index in [4.69, 9.17) is 4.74 Å². The van der Waals surface area contributed by atoms with Crippen LogP contribution in [0.1, 0.15) is 19.8 Å². The Morgan fingerprint density at radius 1 is 1.40 bits per heavy atom. The topological polar surface area (TPSA) is 41.5 Å². The van der Waals surface area contributed by atoms with Crippen molar-refractivity contribution in [2.45, 2.75) is 25.4 Å². The molecular formula is C12H17NO2. The number of phenols is 1. The van der Waals surface area contributed by atoms with E-state index in [-0.39, 0.29) is 11.4 Å². The van der Waals surface area contributed by atoms with Crippen molar-refractivity contribution in [3.63, 3.8) is 0 Å². The summed E-state index contributed by atoms with van der Waals surface area (Å²) in [4.78, 5) is 0. The maximum Gasteiger partial charge on any atom is 0.161 e. The van der Waals surface area contributed by atoms with Crippen LogP contribution in [0, 0.1) is 0 Å². The minimum Gasteiger partial charge on any atom is -0.504 e. The average Bonchev–Trinajstić information content (AvgIpc) is 2.22. The van der Waals surface area contributed by atoms with Gasteiger partial charge in [-0.1, -0.05) is 12.1 Å². The second kappa shape index (κ2) is 4.11. The summed E-state index contributed by atoms with van der Waals surface area (Å²) < 4.78 is 5.86. The molecule has 15 heavy (non-hydrogen) atoms. The molecule has 0 bridgehead atoms. The van der Waals surface area contributed by atoms with Gasteiger partial charge in [0.2, 0.25) is 0 Å². The van der Waals surface area contributed by atoms with Crippen molar-refractivity contribution in [2.24, 2.45) is 0 Å². The molecule has 1 aromatic rings. The van der Waals surface area contributed by atoms with E-state index in [2.05, 4.69) is 12.2 Å². The molecule has 0 saturated carbocycles. The number of piperidine rings is 1. The number of benzene rings is 1. The van der Waals surface area contributed by atoms with Crippen LogP contribution in [0.4, 0.5) is 0 Å². The quantitative estimate of drug-likeness (QED) is 0.778. The molecular weight excluding hydrogens is 190 g/mol. The van der Waals surface area contributed by atoms with E-state index >= 15 is 0 Å². The maximum atomic E-state index is 9.61. The molecule has 82 valence electrons. The highest BCUT2D eigenvalue weighted by Gasteiger charge is 2.29. The highest BCUT2D eigenvalue weighted by molar-refractivity contribution is 5.38. The summed E-state index contributed by atoms with van der Waals surface area (Å²) in [6, 6.07) is 7.11. The van der Waals surface area contributed by atoms with Crippen molar-refractivity contribution >= 4 is 0 Å². The lowest BCUT2D eigenvalue weighted by Gasteiger charge is -2.34. The van der Waals surface area contributed by atoms with Crippen LogP contribution >= 0.6 is 0 Å². The monoisotopic (exact) mass is 207 g/mol. The molecule has 3 nitrogen and oxygen atoms in total. The first-order chi connectivity index (χ1) is 7.20. The molecule has 1 aromatic carbocycles. The predicted molar refractivity (Wildman–Crippen MR) is 59.2 cm³/mol. The van der Waals surface area contributed by atoms with Crippen molar-refractivity contribution in [1.82, 2.24) is 5.32 Å². The van der Waals surface area contributed by atoms with Crippen molar-refractivity contribution in [3.8, 4) is 11.5 Å². The van der Waals surface area contributed by atoms with Gasteiger partial charge in [-0.25, -0.2) is 0 Å². The summed E-state index contributed by atoms with van der Waals surface area (Å²) in [6.07, 6.45) is 2.14. The van der Waals surface area contributed by atoms with Gasteiger partial charge in [0, 0.05) is 6.54 Å². The Morgan fingerprint density at radius 2 is 2.20 bits per heavy atom. The first-order valence-electron chi connectivity index (χ1n) is 5.37. The third-order valence-electron chi connectivity index (χ3n) is 2.78. The van der Waals surface area contributed by atoms with E-state index in [9.17, 15) is 5.11 Å². The van der Waals surface area contributed by atoms with Crippen LogP contribution in [-0.4, -0.2) is 23.8 Å². The van der Waals surface area contributed by atoms with Gasteiger partial charge in [-0.15, -0.1) is 0 Å². The maximum absolute atomic E-state index is 9.61. The number of ether oxygens (including phenoxy) is 1. The number of aromatic hydroxyl groups is 1. The van der Waals surface area contributed by atoms with Crippen LogP contribution < -0.4 is 10.1 Å². The third kappa shape index (κ3) is 2.42. The Labute approximate surface area is 90.1 Å². The summed E-state index contributed by atoms with van der Waals surface area (Å²) in [6.45, 7) is 3.96. The van der Waals surface area contributed by atoms with Crippen molar-refractivity contribution in [1.29, 1.82) is 0 Å². The molecule has 0 aliphatic carbocycles. The lowest BCUT2D eigenvalue weighted by molar-refractivity contribution is 0.0585. The zero-order chi connectivity index (χ0) is 10.7. The molecule has 1 unspecified atom stereocenters. The van der Waals surface area contributed by atoms with Crippen LogP contribution in [0.2, 0.25) is 0 Å². The van der Waals surface area contributed by atoms with Gasteiger partial charge in [0.1, 0.15) is 5.60 Å². The van der Waals surface area contributed by atoms with E-state index in [1.165, 1.54) is 0 Å². The van der Waals surface area contributed by atoms with Gasteiger partial charge in [0.25, 0.3) is 0 Å². The van der Waals surface area contributed by atoms with Crippen LogP contribution in [0.15, 0.2) is 24.3 Å². The molecule has 0 spiro atoms. The molecule has 1 aliphatic heterocycles. The molecule has 1 heterocycles. The Kier molecular flexibility index (Phi) is 2.82. The standard InChI is InChI=1S/C12H17NO2/c1-12(7-4-8-13-9-12)15-11-6-3-2-5-10(11)14/h2-3,5-6,13-14H,4,7-9H2,1H3. The van der Waals surface area contributed by atoms with E-state index in [0.717, 1.165) is 25.9 Å². The number of hydrogen-bond donors (Lipinski definition) is 2. The average molecular weight is 207 g/mol. The fraction of sp³-hybridized carbons (Fsp3) is 0.500. The summed E-state index contributed by atoms with van der Waals surface area (Å²) in [5.74, 6) is 0.785. The van der Waals surface area contributed by atoms with Gasteiger partial charge < -0.3 is 15.2 Å². The lowest BCUT2D eigenvalue weighted by atomic mass is 9.96. The van der Waals surface area contributed by atoms with Crippen LogP contribution in [0.3, 0.4) is 0 Å². The Bertz CT molecular complexity index is 332. The zero-order valence-corrected chi connectivity index (χ0v) is 8.99. The Balaban J connectivity index is 2.10. The van der Waals surface area contributed by atoms with Gasteiger partial charge in [-0.3, -0.25) is 0 Å². The van der Waals surface area contributed by atoms with Gasteiger partial charge in [0.15, 0.2) is 11.5 Å². The molecule has 1 fully saturated rings. The lowest BCUT2D eigenvalue weighted by Crippen LogP contribution is -2.47. The number of para-hydroxylation sites is 2. The minimum atomic E-state index is -0.197. The summed E-state index contributed by atoms with van der Waals surface area (Å²) in [5, 5.41) is 12.9. The van der Waals surface area contributed by atoms with Crippen LogP contribution in [0.25, 0.3) is 0 Å². The molecule has 3 heteroatoms. The van der Waals surface area contributed by atoms with E-state index in [1.54, 1.807) is 18.2 Å². The highest BCUT2D eigenvalue weighted by Crippen LogP contribution is 2.30. The number of phenolic OH excluding ortho intramolecular Hbond substituents is 1. The second-order valence-electron chi connectivity index (χ2n) is 4.30. The molecule has 2 rings (SSSR count). The fourth-order valence-electron chi connectivity index (χ4n) is 1.92. The number of rotatable bonds is 2. The minimum absolute atomic E-state index is 0.197. The van der Waals surface area contributed by atoms with Crippen LogP contribution in [0.5, 0.6) is 11.5 Å². The molecule has 0 aromatic heterocycles. The Morgan fingerprint density at radius 3 is 2.87 bits per heavy atom. The molecule has 1 saturated heterocycles.